The van der Waals surface area contributed by atoms with Crippen molar-refractivity contribution in [3.63, 3.8) is 0 Å². The van der Waals surface area contributed by atoms with Gasteiger partial charge in [-0.25, -0.2) is 8.42 Å². The van der Waals surface area contributed by atoms with Gasteiger partial charge in [0.15, 0.2) is 5.78 Å². The number of hydrogen-bond acceptors (Lipinski definition) is 5. The van der Waals surface area contributed by atoms with Crippen LogP contribution in [0.1, 0.15) is 22.8 Å². The number of nitrogens with one attached hydrogen (secondary N) is 1. The van der Waals surface area contributed by atoms with Crippen molar-refractivity contribution in [3.8, 4) is 5.75 Å². The van der Waals surface area contributed by atoms with E-state index in [2.05, 4.69) is 5.32 Å². The summed E-state index contributed by atoms with van der Waals surface area (Å²) in [6, 6.07) is 12.8. The smallest absolute Gasteiger partial charge is 0.243 e. The highest BCUT2D eigenvalue weighted by atomic mass is 32.2. The topological polar surface area (TPSA) is 92.8 Å². The Balaban J connectivity index is 1.96. The number of Topliss-reactive ketones (excluding diaryl/α,β-unsaturated/α-hetero) is 1. The number of likely N-dealkylation sites (N-methyl/N-ethyl adjacent to an activating group) is 1. The van der Waals surface area contributed by atoms with E-state index in [0.29, 0.717) is 11.3 Å². The van der Waals surface area contributed by atoms with Gasteiger partial charge < -0.3 is 10.1 Å². The summed E-state index contributed by atoms with van der Waals surface area (Å²) >= 11 is 0. The van der Waals surface area contributed by atoms with Crippen molar-refractivity contribution in [1.82, 2.24) is 9.62 Å². The Bertz CT molecular complexity index is 906. The number of hydrogen-bond donors (Lipinski definition) is 1. The van der Waals surface area contributed by atoms with Gasteiger partial charge in [0.1, 0.15) is 5.75 Å². The highest BCUT2D eigenvalue weighted by Crippen LogP contribution is 2.15. The molecule has 2 rings (SSSR count). The van der Waals surface area contributed by atoms with Crippen LogP contribution >= 0.6 is 0 Å². The first-order valence-corrected chi connectivity index (χ1v) is 9.65. The molecule has 0 saturated carbocycles. The second kappa shape index (κ2) is 8.79. The highest BCUT2D eigenvalue weighted by Gasteiger charge is 2.23. The standard InChI is InChI=1S/C19H22N2O5S/c1-14(22)16-6-10-18(11-7-16)27(24,25)21(2)13-19(23)20-12-15-4-8-17(26-3)9-5-15/h4-11H,12-13H2,1-3H3,(H,20,23). The second-order valence-electron chi connectivity index (χ2n) is 5.97. The third-order valence-electron chi connectivity index (χ3n) is 3.98. The van der Waals surface area contributed by atoms with Crippen molar-refractivity contribution < 1.29 is 22.7 Å². The number of carbonyl (C=O) groups excluding carboxylic acids is 2. The number of carbonyl (C=O) groups is 2. The van der Waals surface area contributed by atoms with Crippen LogP contribution in [0.5, 0.6) is 5.75 Å². The fourth-order valence-corrected chi connectivity index (χ4v) is 3.46. The molecule has 0 atom stereocenters. The van der Waals surface area contributed by atoms with Gasteiger partial charge >= 0.3 is 0 Å². The van der Waals surface area contributed by atoms with E-state index in [-0.39, 0.29) is 23.8 Å². The van der Waals surface area contributed by atoms with Gasteiger partial charge in [-0.15, -0.1) is 0 Å². The van der Waals surface area contributed by atoms with Gasteiger partial charge in [0.2, 0.25) is 15.9 Å². The van der Waals surface area contributed by atoms with Gasteiger partial charge in [-0.2, -0.15) is 4.31 Å². The zero-order valence-corrected chi connectivity index (χ0v) is 16.2. The molecular weight excluding hydrogens is 368 g/mol. The maximum atomic E-state index is 12.5. The Labute approximate surface area is 159 Å². The Morgan fingerprint density at radius 1 is 1.04 bits per heavy atom. The number of ether oxygens (including phenoxy) is 1. The van der Waals surface area contributed by atoms with E-state index in [0.717, 1.165) is 9.87 Å². The molecule has 0 aliphatic carbocycles. The summed E-state index contributed by atoms with van der Waals surface area (Å²) in [4.78, 5) is 23.4. The van der Waals surface area contributed by atoms with Crippen LogP contribution in [0.4, 0.5) is 0 Å². The Morgan fingerprint density at radius 3 is 2.15 bits per heavy atom. The van der Waals surface area contributed by atoms with Gasteiger partial charge in [0.25, 0.3) is 0 Å². The molecule has 8 heteroatoms. The third kappa shape index (κ3) is 5.38. The van der Waals surface area contributed by atoms with Crippen molar-refractivity contribution in [3.05, 3.63) is 59.7 Å². The van der Waals surface area contributed by atoms with Gasteiger partial charge in [0, 0.05) is 19.2 Å². The molecule has 1 N–H and O–H groups in total. The quantitative estimate of drug-likeness (QED) is 0.694. The van der Waals surface area contributed by atoms with Crippen LogP contribution in [0, 0.1) is 0 Å². The first-order valence-electron chi connectivity index (χ1n) is 8.21. The fraction of sp³-hybridized carbons (Fsp3) is 0.263. The lowest BCUT2D eigenvalue weighted by Crippen LogP contribution is -2.38. The van der Waals surface area contributed by atoms with Gasteiger partial charge in [0.05, 0.1) is 18.6 Å². The largest absolute Gasteiger partial charge is 0.497 e. The molecule has 0 saturated heterocycles. The van der Waals surface area contributed by atoms with Crippen LogP contribution in [0.25, 0.3) is 0 Å². The number of sulfonamides is 1. The van der Waals surface area contributed by atoms with Gasteiger partial charge in [-0.1, -0.05) is 24.3 Å². The monoisotopic (exact) mass is 390 g/mol. The molecular formula is C19H22N2O5S. The minimum atomic E-state index is -3.82. The number of rotatable bonds is 8. The zero-order valence-electron chi connectivity index (χ0n) is 15.4. The summed E-state index contributed by atoms with van der Waals surface area (Å²) in [5.74, 6) is 0.147. The van der Waals surface area contributed by atoms with E-state index >= 15 is 0 Å². The van der Waals surface area contributed by atoms with E-state index in [4.69, 9.17) is 4.74 Å². The highest BCUT2D eigenvalue weighted by molar-refractivity contribution is 7.89. The lowest BCUT2D eigenvalue weighted by molar-refractivity contribution is -0.121. The molecule has 27 heavy (non-hydrogen) atoms. The maximum absolute atomic E-state index is 12.5. The molecule has 0 radical (unpaired) electrons. The molecule has 7 nitrogen and oxygen atoms in total. The van der Waals surface area contributed by atoms with E-state index in [1.165, 1.54) is 38.2 Å². The Hall–Kier alpha value is -2.71. The minimum absolute atomic E-state index is 0.0259. The Morgan fingerprint density at radius 2 is 1.63 bits per heavy atom. The van der Waals surface area contributed by atoms with Crippen molar-refractivity contribution in [1.29, 1.82) is 0 Å². The lowest BCUT2D eigenvalue weighted by Gasteiger charge is -2.17. The summed E-state index contributed by atoms with van der Waals surface area (Å²) in [5.41, 5.74) is 1.29. The van der Waals surface area contributed by atoms with Crippen LogP contribution in [-0.2, 0) is 21.4 Å². The average Bonchev–Trinajstić information content (AvgIpc) is 2.66. The molecule has 0 aromatic heterocycles. The van der Waals surface area contributed by atoms with E-state index in [1.54, 1.807) is 19.2 Å². The van der Waals surface area contributed by atoms with Crippen LogP contribution in [0.3, 0.4) is 0 Å². The van der Waals surface area contributed by atoms with Crippen LogP contribution in [0.15, 0.2) is 53.4 Å². The number of methoxy groups -OCH3 is 1. The Kier molecular flexibility index (Phi) is 6.70. The summed E-state index contributed by atoms with van der Waals surface area (Å²) in [6.07, 6.45) is 0. The van der Waals surface area contributed by atoms with Crippen molar-refractivity contribution in [2.45, 2.75) is 18.4 Å². The van der Waals surface area contributed by atoms with E-state index < -0.39 is 15.9 Å². The molecule has 0 heterocycles. The van der Waals surface area contributed by atoms with Crippen molar-refractivity contribution in [2.75, 3.05) is 20.7 Å². The SMILES string of the molecule is COc1ccc(CNC(=O)CN(C)S(=O)(=O)c2ccc(C(C)=O)cc2)cc1. The predicted molar refractivity (Wildman–Crippen MR) is 101 cm³/mol. The average molecular weight is 390 g/mol. The first kappa shape index (κ1) is 20.6. The number of benzene rings is 2. The van der Waals surface area contributed by atoms with E-state index in [9.17, 15) is 18.0 Å². The molecule has 2 aromatic rings. The lowest BCUT2D eigenvalue weighted by atomic mass is 10.2. The van der Waals surface area contributed by atoms with Crippen molar-refractivity contribution >= 4 is 21.7 Å². The summed E-state index contributed by atoms with van der Waals surface area (Å²) in [7, 11) is -0.919. The fourth-order valence-electron chi connectivity index (χ4n) is 2.33. The molecule has 0 bridgehead atoms. The molecule has 0 aliphatic rings. The normalized spacial score (nSPS) is 11.3. The van der Waals surface area contributed by atoms with E-state index in [1.807, 2.05) is 12.1 Å². The maximum Gasteiger partial charge on any atom is 0.243 e. The van der Waals surface area contributed by atoms with Crippen LogP contribution in [-0.4, -0.2) is 45.1 Å². The molecule has 2 aromatic carbocycles. The molecule has 0 aliphatic heterocycles. The summed E-state index contributed by atoms with van der Waals surface area (Å²) < 4.78 is 31.1. The molecule has 1 amide bonds. The van der Waals surface area contributed by atoms with Crippen LogP contribution < -0.4 is 10.1 Å². The number of nitrogens with zero attached hydrogens (tertiary/aromatic N) is 1. The third-order valence-corrected chi connectivity index (χ3v) is 5.80. The molecule has 0 unspecified atom stereocenters. The van der Waals surface area contributed by atoms with Gasteiger partial charge in [-0.3, -0.25) is 9.59 Å². The molecule has 144 valence electrons. The summed E-state index contributed by atoms with van der Waals surface area (Å²) in [6.45, 7) is 1.37. The first-order chi connectivity index (χ1) is 12.7. The minimum Gasteiger partial charge on any atom is -0.497 e. The van der Waals surface area contributed by atoms with Crippen molar-refractivity contribution in [2.24, 2.45) is 0 Å². The number of ketones is 1. The number of amides is 1. The predicted octanol–water partition coefficient (Wildman–Crippen LogP) is 1.83. The molecule has 0 spiro atoms. The van der Waals surface area contributed by atoms with Crippen LogP contribution in [0.2, 0.25) is 0 Å². The zero-order chi connectivity index (χ0) is 20.0. The molecule has 0 fully saturated rings. The van der Waals surface area contributed by atoms with Gasteiger partial charge in [-0.05, 0) is 36.8 Å². The second-order valence-corrected chi connectivity index (χ2v) is 8.01. The summed E-state index contributed by atoms with van der Waals surface area (Å²) in [5, 5.41) is 2.68.